The minimum absolute atomic E-state index is 0.0298. The Balaban J connectivity index is 1.94. The van der Waals surface area contributed by atoms with E-state index < -0.39 is 13.9 Å². The third-order valence-electron chi connectivity index (χ3n) is 5.73. The highest BCUT2D eigenvalue weighted by Crippen LogP contribution is 2.43. The molecule has 1 aliphatic rings. The maximum Gasteiger partial charge on any atom is 0.362 e. The van der Waals surface area contributed by atoms with E-state index in [1.54, 1.807) is 0 Å². The number of rotatable bonds is 5. The van der Waals surface area contributed by atoms with Crippen molar-refractivity contribution >= 4 is 7.60 Å². The fourth-order valence-electron chi connectivity index (χ4n) is 4.38. The van der Waals surface area contributed by atoms with Crippen LogP contribution >= 0.6 is 7.60 Å². The molecule has 0 saturated carbocycles. The zero-order chi connectivity index (χ0) is 20.7. The Morgan fingerprint density at radius 1 is 1.14 bits per heavy atom. The molecule has 3 rings (SSSR count). The smallest absolute Gasteiger partial charge is 0.362 e. The van der Waals surface area contributed by atoms with Gasteiger partial charge >= 0.3 is 7.60 Å². The molecule has 2 aromatic carbocycles. The number of aromatic hydroxyl groups is 1. The zero-order valence-electron chi connectivity index (χ0n) is 17.0. The summed E-state index contributed by atoms with van der Waals surface area (Å²) in [7, 11) is -4.20. The molecule has 0 fully saturated rings. The number of phenols is 1. The molecule has 0 heterocycles. The monoisotopic (exact) mass is 404 g/mol. The fourth-order valence-corrected chi connectivity index (χ4v) is 4.70. The quantitative estimate of drug-likeness (QED) is 0.628. The molecule has 5 nitrogen and oxygen atoms in total. The maximum atomic E-state index is 11.0. The average molecular weight is 404 g/mol. The van der Waals surface area contributed by atoms with Crippen LogP contribution in [-0.2, 0) is 22.8 Å². The van der Waals surface area contributed by atoms with Gasteiger partial charge in [0.15, 0.2) is 6.35 Å². The molecule has 0 spiro atoms. The second-order valence-corrected chi connectivity index (χ2v) is 10.1. The van der Waals surface area contributed by atoms with Gasteiger partial charge in [-0.25, -0.2) is 0 Å². The van der Waals surface area contributed by atoms with Gasteiger partial charge in [0.1, 0.15) is 11.5 Å². The number of hydrogen-bond acceptors (Lipinski definition) is 3. The van der Waals surface area contributed by atoms with Crippen LogP contribution in [-0.4, -0.2) is 21.2 Å². The van der Waals surface area contributed by atoms with E-state index in [4.69, 9.17) is 14.5 Å². The van der Waals surface area contributed by atoms with Crippen LogP contribution in [0.1, 0.15) is 60.1 Å². The van der Waals surface area contributed by atoms with Crippen LogP contribution < -0.4 is 4.74 Å². The predicted molar refractivity (Wildman–Crippen MR) is 110 cm³/mol. The minimum Gasteiger partial charge on any atom is -0.508 e. The molecular formula is C22H29O5P. The number of aryl methyl sites for hydroxylation is 2. The molecule has 0 amide bonds. The Hall–Kier alpha value is -1.81. The maximum absolute atomic E-state index is 11.0. The SMILES string of the molecule is Cc1cc(OCP(=O)(O)O)cc(C)c1Cc1ccc(O)c2c1CCCC2(C)C. The van der Waals surface area contributed by atoms with Crippen LogP contribution in [0.2, 0.25) is 0 Å². The van der Waals surface area contributed by atoms with Crippen molar-refractivity contribution < 1.29 is 24.2 Å². The van der Waals surface area contributed by atoms with Gasteiger partial charge in [0.05, 0.1) is 0 Å². The van der Waals surface area contributed by atoms with E-state index in [1.165, 1.54) is 16.7 Å². The average Bonchev–Trinajstić information content (AvgIpc) is 2.56. The van der Waals surface area contributed by atoms with Crippen molar-refractivity contribution in [2.75, 3.05) is 6.35 Å². The van der Waals surface area contributed by atoms with Crippen molar-refractivity contribution in [3.63, 3.8) is 0 Å². The third kappa shape index (κ3) is 4.43. The van der Waals surface area contributed by atoms with Gasteiger partial charge in [-0.3, -0.25) is 4.57 Å². The van der Waals surface area contributed by atoms with Gasteiger partial charge in [0, 0.05) is 5.56 Å². The molecule has 1 aliphatic carbocycles. The first kappa shape index (κ1) is 20.9. The summed E-state index contributed by atoms with van der Waals surface area (Å²) in [6.45, 7) is 8.36. The largest absolute Gasteiger partial charge is 0.508 e. The molecule has 0 saturated heterocycles. The highest BCUT2D eigenvalue weighted by molar-refractivity contribution is 7.51. The Morgan fingerprint density at radius 3 is 2.39 bits per heavy atom. The Morgan fingerprint density at radius 2 is 1.79 bits per heavy atom. The second-order valence-electron chi connectivity index (χ2n) is 8.49. The van der Waals surface area contributed by atoms with E-state index in [9.17, 15) is 9.67 Å². The van der Waals surface area contributed by atoms with Crippen LogP contribution in [0.15, 0.2) is 24.3 Å². The summed E-state index contributed by atoms with van der Waals surface area (Å²) in [5.41, 5.74) is 6.77. The molecule has 6 heteroatoms. The lowest BCUT2D eigenvalue weighted by Crippen LogP contribution is -2.25. The summed E-state index contributed by atoms with van der Waals surface area (Å²) >= 11 is 0. The predicted octanol–water partition coefficient (Wildman–Crippen LogP) is 4.73. The first-order valence-corrected chi connectivity index (χ1v) is 11.4. The molecule has 2 aromatic rings. The van der Waals surface area contributed by atoms with Crippen molar-refractivity contribution in [1.29, 1.82) is 0 Å². The van der Waals surface area contributed by atoms with Crippen molar-refractivity contribution in [2.45, 2.75) is 58.8 Å². The molecule has 0 bridgehead atoms. The lowest BCUT2D eigenvalue weighted by atomic mass is 9.70. The molecule has 28 heavy (non-hydrogen) atoms. The summed E-state index contributed by atoms with van der Waals surface area (Å²) in [5.74, 6) is 0.856. The van der Waals surface area contributed by atoms with E-state index in [2.05, 4.69) is 13.8 Å². The van der Waals surface area contributed by atoms with Gasteiger partial charge < -0.3 is 19.6 Å². The number of benzene rings is 2. The summed E-state index contributed by atoms with van der Waals surface area (Å²) in [5, 5.41) is 10.5. The minimum atomic E-state index is -4.20. The molecule has 0 aromatic heterocycles. The summed E-state index contributed by atoms with van der Waals surface area (Å²) in [6.07, 6.45) is 3.30. The molecule has 0 unspecified atom stereocenters. The van der Waals surface area contributed by atoms with Gasteiger partial charge in [-0.2, -0.15) is 0 Å². The van der Waals surface area contributed by atoms with Gasteiger partial charge in [-0.1, -0.05) is 19.9 Å². The second kappa shape index (κ2) is 7.55. The van der Waals surface area contributed by atoms with Crippen LogP contribution in [0.25, 0.3) is 0 Å². The van der Waals surface area contributed by atoms with E-state index in [0.29, 0.717) is 11.5 Å². The Kier molecular flexibility index (Phi) is 5.64. The molecule has 0 atom stereocenters. The number of fused-ring (bicyclic) bond motifs is 1. The third-order valence-corrected chi connectivity index (χ3v) is 6.19. The Bertz CT molecular complexity index is 919. The lowest BCUT2D eigenvalue weighted by Gasteiger charge is -2.34. The summed E-state index contributed by atoms with van der Waals surface area (Å²) in [4.78, 5) is 18.0. The standard InChI is InChI=1S/C22H29O5P/c1-14-10-17(27-13-28(24,25)26)11-15(2)19(14)12-16-7-8-20(23)21-18(16)6-5-9-22(21,3)4/h7-8,10-11,23H,5-6,9,12-13H2,1-4H3,(H2,24,25,26). The first-order chi connectivity index (χ1) is 13.0. The van der Waals surface area contributed by atoms with E-state index in [0.717, 1.165) is 42.4 Å². The normalized spacial score (nSPS) is 15.9. The highest BCUT2D eigenvalue weighted by Gasteiger charge is 2.31. The molecular weight excluding hydrogens is 375 g/mol. The van der Waals surface area contributed by atoms with E-state index in [1.807, 2.05) is 38.1 Å². The van der Waals surface area contributed by atoms with Gasteiger partial charge in [0.25, 0.3) is 0 Å². The first-order valence-electron chi connectivity index (χ1n) is 9.59. The molecule has 0 radical (unpaired) electrons. The number of phenolic OH excluding ortho intramolecular Hbond substituents is 1. The van der Waals surface area contributed by atoms with Crippen molar-refractivity contribution in [2.24, 2.45) is 0 Å². The molecule has 3 N–H and O–H groups in total. The fraction of sp³-hybridized carbons (Fsp3) is 0.455. The van der Waals surface area contributed by atoms with Crippen LogP contribution in [0.4, 0.5) is 0 Å². The highest BCUT2D eigenvalue weighted by atomic mass is 31.2. The van der Waals surface area contributed by atoms with Crippen LogP contribution in [0.3, 0.4) is 0 Å². The van der Waals surface area contributed by atoms with E-state index >= 15 is 0 Å². The molecule has 0 aliphatic heterocycles. The zero-order valence-corrected chi connectivity index (χ0v) is 17.8. The lowest BCUT2D eigenvalue weighted by molar-refractivity contribution is 0.300. The van der Waals surface area contributed by atoms with Gasteiger partial charge in [-0.05, 0) is 91.0 Å². The topological polar surface area (TPSA) is 87.0 Å². The van der Waals surface area contributed by atoms with Crippen LogP contribution in [0.5, 0.6) is 11.5 Å². The summed E-state index contributed by atoms with van der Waals surface area (Å²) in [6, 6.07) is 7.49. The number of ether oxygens (including phenoxy) is 1. The van der Waals surface area contributed by atoms with Crippen molar-refractivity contribution in [1.82, 2.24) is 0 Å². The van der Waals surface area contributed by atoms with Crippen molar-refractivity contribution in [3.8, 4) is 11.5 Å². The number of hydrogen-bond donors (Lipinski definition) is 3. The Labute approximate surface area is 166 Å². The van der Waals surface area contributed by atoms with Crippen molar-refractivity contribution in [3.05, 3.63) is 57.6 Å². The van der Waals surface area contributed by atoms with E-state index in [-0.39, 0.29) is 5.41 Å². The summed E-state index contributed by atoms with van der Waals surface area (Å²) < 4.78 is 16.3. The molecule has 152 valence electrons. The van der Waals surface area contributed by atoms with Gasteiger partial charge in [0.2, 0.25) is 0 Å². The van der Waals surface area contributed by atoms with Crippen LogP contribution in [0, 0.1) is 13.8 Å². The van der Waals surface area contributed by atoms with Gasteiger partial charge in [-0.15, -0.1) is 0 Å².